The first kappa shape index (κ1) is 14.4. The van der Waals surface area contributed by atoms with E-state index in [9.17, 15) is 0 Å². The fraction of sp³-hybridized carbons (Fsp3) is 0. The van der Waals surface area contributed by atoms with Gasteiger partial charge in [0.2, 0.25) is 0 Å². The SMILES string of the molecule is N#C/C(N)=C(\C#N)N=CC=N/C(C#N)=C(\N)C#N. The van der Waals surface area contributed by atoms with Crippen molar-refractivity contribution >= 4 is 12.4 Å². The number of nitrogens with zero attached hydrogens (tertiary/aromatic N) is 6. The van der Waals surface area contributed by atoms with Crippen LogP contribution in [0.5, 0.6) is 0 Å². The van der Waals surface area contributed by atoms with Gasteiger partial charge in [0.05, 0.1) is 0 Å². The monoisotopic (exact) mass is 238 g/mol. The van der Waals surface area contributed by atoms with E-state index >= 15 is 0 Å². The molecule has 0 aromatic heterocycles. The zero-order chi connectivity index (χ0) is 14.0. The van der Waals surface area contributed by atoms with E-state index in [0.717, 1.165) is 12.4 Å². The number of nitrogens with two attached hydrogens (primary N) is 2. The van der Waals surface area contributed by atoms with Gasteiger partial charge in [-0.15, -0.1) is 0 Å². The molecule has 4 N–H and O–H groups in total. The minimum Gasteiger partial charge on any atom is -0.388 e. The smallest absolute Gasteiger partial charge is 0.174 e. The van der Waals surface area contributed by atoms with Crippen molar-refractivity contribution in [3.05, 3.63) is 22.8 Å². The van der Waals surface area contributed by atoms with Crippen molar-refractivity contribution in [2.75, 3.05) is 0 Å². The highest BCUT2D eigenvalue weighted by Crippen LogP contribution is 1.98. The lowest BCUT2D eigenvalue weighted by molar-refractivity contribution is 1.27. The lowest BCUT2D eigenvalue weighted by Gasteiger charge is -1.89. The molecule has 0 atom stereocenters. The normalized spacial score (nSPS) is 12.9. The summed E-state index contributed by atoms with van der Waals surface area (Å²) >= 11 is 0. The summed E-state index contributed by atoms with van der Waals surface area (Å²) in [7, 11) is 0. The molecule has 0 fully saturated rings. The summed E-state index contributed by atoms with van der Waals surface area (Å²) in [4.78, 5) is 7.09. The Hall–Kier alpha value is -3.62. The van der Waals surface area contributed by atoms with Crippen molar-refractivity contribution in [1.82, 2.24) is 0 Å². The Bertz CT molecular complexity index is 550. The molecule has 0 bridgehead atoms. The van der Waals surface area contributed by atoms with Gasteiger partial charge in [0.1, 0.15) is 35.7 Å². The van der Waals surface area contributed by atoms with Gasteiger partial charge >= 0.3 is 0 Å². The summed E-state index contributed by atoms with van der Waals surface area (Å²) < 4.78 is 0. The average molecular weight is 238 g/mol. The van der Waals surface area contributed by atoms with Gasteiger partial charge in [-0.05, 0) is 0 Å². The summed E-state index contributed by atoms with van der Waals surface area (Å²) in [5.74, 6) is 0. The highest BCUT2D eigenvalue weighted by molar-refractivity contribution is 6.16. The van der Waals surface area contributed by atoms with Crippen LogP contribution in [0.25, 0.3) is 0 Å². The van der Waals surface area contributed by atoms with Crippen molar-refractivity contribution in [2.45, 2.75) is 0 Å². The fourth-order valence-corrected chi connectivity index (χ4v) is 0.639. The van der Waals surface area contributed by atoms with E-state index in [-0.39, 0.29) is 22.8 Å². The first-order valence-electron chi connectivity index (χ1n) is 4.27. The van der Waals surface area contributed by atoms with E-state index in [2.05, 4.69) is 9.98 Å². The van der Waals surface area contributed by atoms with Crippen LogP contribution in [0.4, 0.5) is 0 Å². The van der Waals surface area contributed by atoms with Crippen LogP contribution >= 0.6 is 0 Å². The predicted molar refractivity (Wildman–Crippen MR) is 61.9 cm³/mol. The summed E-state index contributed by atoms with van der Waals surface area (Å²) in [5.41, 5.74) is 9.12. The molecule has 8 nitrogen and oxygen atoms in total. The van der Waals surface area contributed by atoms with E-state index in [1.807, 2.05) is 0 Å². The van der Waals surface area contributed by atoms with Gasteiger partial charge in [-0.3, -0.25) is 0 Å². The lowest BCUT2D eigenvalue weighted by Crippen LogP contribution is -1.98. The molecule has 0 aromatic carbocycles. The first-order chi connectivity index (χ1) is 8.60. The molecule has 8 heteroatoms. The Morgan fingerprint density at radius 3 is 1.28 bits per heavy atom. The molecule has 0 rings (SSSR count). The standard InChI is InChI=1S/C10H6N8/c11-3-7(15)9(5-13)17-1-2-18-10(6-14)8(16)4-12/h1-2H,15-16H2/b9-7-,10-8-,17-1?,18-2?. The fourth-order valence-electron chi connectivity index (χ4n) is 0.639. The summed E-state index contributed by atoms with van der Waals surface area (Å²) in [6.45, 7) is 0. The maximum atomic E-state index is 8.59. The average Bonchev–Trinajstić information content (AvgIpc) is 2.41. The molecule has 0 unspecified atom stereocenters. The molecule has 0 radical (unpaired) electrons. The summed E-state index contributed by atoms with van der Waals surface area (Å²) in [6, 6.07) is 6.33. The Morgan fingerprint density at radius 1 is 0.722 bits per heavy atom. The molecule has 0 saturated carbocycles. The second-order valence-corrected chi connectivity index (χ2v) is 2.53. The van der Waals surface area contributed by atoms with E-state index in [1.165, 1.54) is 0 Å². The molecule has 0 amide bonds. The second kappa shape index (κ2) is 7.64. The third-order valence-electron chi connectivity index (χ3n) is 1.44. The number of aliphatic imine (C=N–C) groups is 2. The Kier molecular flexibility index (Phi) is 6.11. The van der Waals surface area contributed by atoms with Crippen molar-refractivity contribution in [1.29, 1.82) is 21.0 Å². The van der Waals surface area contributed by atoms with Gasteiger partial charge in [0.15, 0.2) is 11.4 Å². The highest BCUT2D eigenvalue weighted by Gasteiger charge is 1.98. The maximum Gasteiger partial charge on any atom is 0.174 e. The van der Waals surface area contributed by atoms with Crippen molar-refractivity contribution in [3.63, 3.8) is 0 Å². The van der Waals surface area contributed by atoms with Crippen LogP contribution < -0.4 is 11.5 Å². The number of nitriles is 4. The summed E-state index contributed by atoms with van der Waals surface area (Å²) in [5, 5.41) is 34.0. The molecular weight excluding hydrogens is 232 g/mol. The van der Waals surface area contributed by atoms with Crippen LogP contribution in [0.1, 0.15) is 0 Å². The number of allylic oxidation sites excluding steroid dienone is 4. The maximum absolute atomic E-state index is 8.59. The minimum absolute atomic E-state index is 0.278. The zero-order valence-corrected chi connectivity index (χ0v) is 8.99. The van der Waals surface area contributed by atoms with Crippen molar-refractivity contribution in [3.8, 4) is 24.3 Å². The Labute approximate surface area is 103 Å². The van der Waals surface area contributed by atoms with Gasteiger partial charge < -0.3 is 11.5 Å². The third kappa shape index (κ3) is 4.27. The lowest BCUT2D eigenvalue weighted by atomic mass is 10.4. The molecule has 0 aliphatic rings. The second-order valence-electron chi connectivity index (χ2n) is 2.53. The van der Waals surface area contributed by atoms with Gasteiger partial charge in [-0.25, -0.2) is 9.98 Å². The highest BCUT2D eigenvalue weighted by atomic mass is 14.8. The van der Waals surface area contributed by atoms with Crippen LogP contribution in [-0.4, -0.2) is 12.4 Å². The molecular formula is C10H6N8. The Balaban J connectivity index is 5.04. The molecule has 0 heterocycles. The van der Waals surface area contributed by atoms with Crippen LogP contribution in [0.2, 0.25) is 0 Å². The van der Waals surface area contributed by atoms with E-state index in [4.69, 9.17) is 32.5 Å². The number of hydrogen-bond acceptors (Lipinski definition) is 8. The molecule has 0 aliphatic heterocycles. The van der Waals surface area contributed by atoms with Crippen LogP contribution in [0.15, 0.2) is 32.8 Å². The van der Waals surface area contributed by atoms with Crippen molar-refractivity contribution in [2.24, 2.45) is 21.5 Å². The van der Waals surface area contributed by atoms with Crippen LogP contribution in [0.3, 0.4) is 0 Å². The van der Waals surface area contributed by atoms with E-state index in [1.54, 1.807) is 24.3 Å². The minimum atomic E-state index is -0.338. The largest absolute Gasteiger partial charge is 0.388 e. The number of hydrogen-bond donors (Lipinski definition) is 2. The molecule has 0 aliphatic carbocycles. The van der Waals surface area contributed by atoms with Crippen LogP contribution in [0, 0.1) is 45.3 Å². The van der Waals surface area contributed by atoms with Gasteiger partial charge in [-0.2, -0.15) is 21.0 Å². The van der Waals surface area contributed by atoms with Gasteiger partial charge in [-0.1, -0.05) is 0 Å². The molecule has 0 saturated heterocycles. The van der Waals surface area contributed by atoms with Gasteiger partial charge in [0, 0.05) is 12.4 Å². The third-order valence-corrected chi connectivity index (χ3v) is 1.44. The predicted octanol–water partition coefficient (Wildman–Crippen LogP) is -0.437. The summed E-state index contributed by atoms with van der Waals surface area (Å²) in [6.07, 6.45) is 2.09. The Morgan fingerprint density at radius 2 is 1.06 bits per heavy atom. The molecule has 18 heavy (non-hydrogen) atoms. The van der Waals surface area contributed by atoms with E-state index < -0.39 is 0 Å². The molecule has 86 valence electrons. The van der Waals surface area contributed by atoms with Gasteiger partial charge in [0.25, 0.3) is 0 Å². The quantitative estimate of drug-likeness (QED) is 0.498. The van der Waals surface area contributed by atoms with Crippen LogP contribution in [-0.2, 0) is 0 Å². The van der Waals surface area contributed by atoms with Crippen molar-refractivity contribution < 1.29 is 0 Å². The first-order valence-corrected chi connectivity index (χ1v) is 4.27. The zero-order valence-electron chi connectivity index (χ0n) is 8.99. The van der Waals surface area contributed by atoms with E-state index in [0.29, 0.717) is 0 Å². The topological polar surface area (TPSA) is 172 Å². The number of rotatable bonds is 3. The molecule has 0 aromatic rings. The molecule has 0 spiro atoms.